The Morgan fingerprint density at radius 3 is 2.30 bits per heavy atom. The van der Waals surface area contributed by atoms with E-state index in [1.165, 1.54) is 0 Å². The molecule has 1 unspecified atom stereocenters. The van der Waals surface area contributed by atoms with Crippen molar-refractivity contribution in [3.05, 3.63) is 0 Å². The van der Waals surface area contributed by atoms with Crippen molar-refractivity contribution >= 4 is 58.4 Å². The predicted octanol–water partition coefficient (Wildman–Crippen LogP) is 3.61. The topological polar surface area (TPSA) is 9.23 Å². The fourth-order valence-corrected chi connectivity index (χ4v) is 0.969. The molecule has 6 heteroatoms. The lowest BCUT2D eigenvalue weighted by Crippen LogP contribution is -2.07. The van der Waals surface area contributed by atoms with Gasteiger partial charge < -0.3 is 4.18 Å². The monoisotopic (exact) mass is 242 g/mol. The molecular formula is C4H6Cl4OS. The Morgan fingerprint density at radius 1 is 1.50 bits per heavy atom. The number of hydrogen-bond acceptors (Lipinski definition) is 2. The van der Waals surface area contributed by atoms with E-state index in [-0.39, 0.29) is 6.10 Å². The van der Waals surface area contributed by atoms with Crippen LogP contribution in [0.3, 0.4) is 0 Å². The average molecular weight is 244 g/mol. The van der Waals surface area contributed by atoms with Gasteiger partial charge in [-0.15, -0.1) is 11.6 Å². The van der Waals surface area contributed by atoms with Gasteiger partial charge in [0.1, 0.15) is 0 Å². The molecule has 0 aromatic carbocycles. The standard InChI is InChI=1S/C4H6Cl4OS/c1-3(2-5)9-10-4(6,7)8/h3H,2H2,1H3. The summed E-state index contributed by atoms with van der Waals surface area (Å²) < 4.78 is 3.53. The normalized spacial score (nSPS) is 15.3. The molecular weight excluding hydrogens is 238 g/mol. The molecule has 0 amide bonds. The largest absolute Gasteiger partial charge is 0.307 e. The zero-order valence-corrected chi connectivity index (χ0v) is 8.95. The molecule has 0 rings (SSSR count). The summed E-state index contributed by atoms with van der Waals surface area (Å²) in [5.74, 6) is 0.383. The molecule has 0 bridgehead atoms. The molecule has 0 heterocycles. The zero-order valence-electron chi connectivity index (χ0n) is 5.11. The molecule has 0 aliphatic rings. The van der Waals surface area contributed by atoms with Gasteiger partial charge in [-0.05, 0) is 6.92 Å². The Balaban J connectivity index is 3.36. The van der Waals surface area contributed by atoms with E-state index in [0.717, 1.165) is 12.0 Å². The summed E-state index contributed by atoms with van der Waals surface area (Å²) in [6.07, 6.45) is -0.109. The minimum atomic E-state index is -1.42. The van der Waals surface area contributed by atoms with Crippen LogP contribution in [-0.4, -0.2) is 15.1 Å². The van der Waals surface area contributed by atoms with Crippen molar-refractivity contribution < 1.29 is 4.18 Å². The molecule has 0 aromatic heterocycles. The highest BCUT2D eigenvalue weighted by Crippen LogP contribution is 2.39. The molecule has 1 nitrogen and oxygen atoms in total. The second-order valence-corrected chi connectivity index (χ2v) is 5.82. The Hall–Kier alpha value is 1.47. The Labute approximate surface area is 84.5 Å². The zero-order chi connectivity index (χ0) is 8.20. The van der Waals surface area contributed by atoms with E-state index >= 15 is 0 Å². The Morgan fingerprint density at radius 2 is 2.00 bits per heavy atom. The van der Waals surface area contributed by atoms with Gasteiger partial charge in [-0.1, -0.05) is 34.8 Å². The van der Waals surface area contributed by atoms with Crippen molar-refractivity contribution in [1.82, 2.24) is 0 Å². The molecule has 0 saturated heterocycles. The van der Waals surface area contributed by atoms with Crippen LogP contribution >= 0.6 is 58.4 Å². The third kappa shape index (κ3) is 7.58. The SMILES string of the molecule is CC(CCl)OSC(Cl)(Cl)Cl. The van der Waals surface area contributed by atoms with Crippen LogP contribution in [0.1, 0.15) is 6.92 Å². The summed E-state index contributed by atoms with van der Waals surface area (Å²) in [4.78, 5) is 0. The third-order valence-electron chi connectivity index (χ3n) is 0.524. The van der Waals surface area contributed by atoms with E-state index in [1.54, 1.807) is 6.92 Å². The molecule has 62 valence electrons. The second-order valence-electron chi connectivity index (χ2n) is 1.59. The summed E-state index contributed by atoms with van der Waals surface area (Å²) in [5, 5.41) is 0. The maximum Gasteiger partial charge on any atom is 0.262 e. The van der Waals surface area contributed by atoms with Crippen LogP contribution in [0, 0.1) is 0 Å². The number of alkyl halides is 4. The highest BCUT2D eigenvalue weighted by molar-refractivity contribution is 8.00. The van der Waals surface area contributed by atoms with Crippen LogP contribution < -0.4 is 0 Å². The first-order chi connectivity index (χ1) is 4.45. The van der Waals surface area contributed by atoms with Crippen molar-refractivity contribution in [3.63, 3.8) is 0 Å². The third-order valence-corrected chi connectivity index (χ3v) is 2.14. The lowest BCUT2D eigenvalue weighted by Gasteiger charge is -2.12. The second kappa shape index (κ2) is 5.18. The van der Waals surface area contributed by atoms with Gasteiger partial charge in [0.05, 0.1) is 6.10 Å². The van der Waals surface area contributed by atoms with Crippen LogP contribution in [0.5, 0.6) is 0 Å². The van der Waals surface area contributed by atoms with Crippen molar-refractivity contribution in [2.24, 2.45) is 0 Å². The van der Waals surface area contributed by atoms with Crippen LogP contribution in [0.15, 0.2) is 0 Å². The van der Waals surface area contributed by atoms with E-state index in [9.17, 15) is 0 Å². The van der Waals surface area contributed by atoms with E-state index in [1.807, 2.05) is 0 Å². The van der Waals surface area contributed by atoms with Crippen LogP contribution in [0.2, 0.25) is 0 Å². The number of halogens is 4. The summed E-state index contributed by atoms with van der Waals surface area (Å²) in [5.41, 5.74) is 0. The van der Waals surface area contributed by atoms with Crippen molar-refractivity contribution in [3.8, 4) is 0 Å². The lowest BCUT2D eigenvalue weighted by atomic mass is 10.5. The van der Waals surface area contributed by atoms with Gasteiger partial charge in [0.2, 0.25) is 0 Å². The van der Waals surface area contributed by atoms with E-state index in [0.29, 0.717) is 5.88 Å². The minimum absolute atomic E-state index is 0.109. The lowest BCUT2D eigenvalue weighted by molar-refractivity contribution is 0.293. The van der Waals surface area contributed by atoms with Gasteiger partial charge in [0.15, 0.2) is 0 Å². The van der Waals surface area contributed by atoms with Crippen LogP contribution in [0.25, 0.3) is 0 Å². The van der Waals surface area contributed by atoms with Crippen LogP contribution in [0.4, 0.5) is 0 Å². The molecule has 0 aromatic rings. The number of rotatable bonds is 3. The number of hydrogen-bond donors (Lipinski definition) is 0. The predicted molar refractivity (Wildman–Crippen MR) is 49.1 cm³/mol. The summed E-state index contributed by atoms with van der Waals surface area (Å²) in [6.45, 7) is 1.79. The molecule has 0 aliphatic carbocycles. The molecule has 0 N–H and O–H groups in total. The van der Waals surface area contributed by atoms with Crippen molar-refractivity contribution in [2.75, 3.05) is 5.88 Å². The molecule has 1 atom stereocenters. The quantitative estimate of drug-likeness (QED) is 0.554. The van der Waals surface area contributed by atoms with E-state index in [2.05, 4.69) is 0 Å². The average Bonchev–Trinajstić information content (AvgIpc) is 1.81. The molecule has 0 saturated carbocycles. The minimum Gasteiger partial charge on any atom is -0.307 e. The molecule has 0 aliphatic heterocycles. The van der Waals surface area contributed by atoms with Gasteiger partial charge >= 0.3 is 0 Å². The fraction of sp³-hybridized carbons (Fsp3) is 1.00. The van der Waals surface area contributed by atoms with Gasteiger partial charge in [0, 0.05) is 17.9 Å². The maximum atomic E-state index is 5.41. The molecule has 0 fully saturated rings. The first-order valence-electron chi connectivity index (χ1n) is 2.43. The summed E-state index contributed by atoms with van der Waals surface area (Å²) >= 11 is 22.3. The van der Waals surface area contributed by atoms with Crippen LogP contribution in [-0.2, 0) is 4.18 Å². The summed E-state index contributed by atoms with van der Waals surface area (Å²) in [7, 11) is 0. The smallest absolute Gasteiger partial charge is 0.262 e. The highest BCUT2D eigenvalue weighted by atomic mass is 35.6. The molecule has 0 spiro atoms. The van der Waals surface area contributed by atoms with Crippen molar-refractivity contribution in [2.45, 2.75) is 16.2 Å². The fourth-order valence-electron chi connectivity index (χ4n) is 0.162. The first kappa shape index (κ1) is 11.5. The molecule has 0 radical (unpaired) electrons. The molecule has 10 heavy (non-hydrogen) atoms. The first-order valence-corrected chi connectivity index (χ1v) is 4.84. The van der Waals surface area contributed by atoms with Crippen molar-refractivity contribution in [1.29, 1.82) is 0 Å². The maximum absolute atomic E-state index is 5.41. The summed E-state index contributed by atoms with van der Waals surface area (Å²) in [6, 6.07) is 0. The van der Waals surface area contributed by atoms with Gasteiger partial charge in [-0.25, -0.2) is 0 Å². The van der Waals surface area contributed by atoms with E-state index in [4.69, 9.17) is 50.6 Å². The Kier molecular flexibility index (Phi) is 5.94. The van der Waals surface area contributed by atoms with Gasteiger partial charge in [0.25, 0.3) is 3.12 Å². The van der Waals surface area contributed by atoms with Gasteiger partial charge in [-0.2, -0.15) is 0 Å². The Bertz CT molecular complexity index is 93.7. The highest BCUT2D eigenvalue weighted by Gasteiger charge is 2.22. The van der Waals surface area contributed by atoms with E-state index < -0.39 is 3.12 Å². The van der Waals surface area contributed by atoms with Gasteiger partial charge in [-0.3, -0.25) is 0 Å².